The Morgan fingerprint density at radius 2 is 1.62 bits per heavy atom. The van der Waals surface area contributed by atoms with Crippen LogP contribution in [0.3, 0.4) is 0 Å². The van der Waals surface area contributed by atoms with Crippen LogP contribution in [0.15, 0.2) is 54.2 Å². The molecule has 180 valence electrons. The molecule has 8 nitrogen and oxygen atoms in total. The molecule has 0 bridgehead atoms. The van der Waals surface area contributed by atoms with Crippen LogP contribution in [-0.4, -0.2) is 49.5 Å². The molecule has 0 spiro atoms. The first-order chi connectivity index (χ1) is 16.5. The minimum Gasteiger partial charge on any atom is -0.496 e. The van der Waals surface area contributed by atoms with Crippen LogP contribution in [0.5, 0.6) is 5.75 Å². The molecule has 0 atom stereocenters. The number of nitrogens with one attached hydrogen (secondary N) is 2. The van der Waals surface area contributed by atoms with Crippen LogP contribution in [0, 0.1) is 0 Å². The molecular formula is C26H31N3O5. The van der Waals surface area contributed by atoms with Crippen LogP contribution < -0.4 is 15.4 Å². The van der Waals surface area contributed by atoms with Gasteiger partial charge in [-0.2, -0.15) is 0 Å². The molecule has 34 heavy (non-hydrogen) atoms. The summed E-state index contributed by atoms with van der Waals surface area (Å²) in [7, 11) is 1.53. The van der Waals surface area contributed by atoms with Crippen LogP contribution in [0.1, 0.15) is 38.7 Å². The number of carbonyl (C=O) groups excluding carboxylic acids is 3. The summed E-state index contributed by atoms with van der Waals surface area (Å²) < 4.78 is 11.0. The first-order valence-electron chi connectivity index (χ1n) is 11.4. The molecule has 8 heteroatoms. The molecule has 0 aromatic heterocycles. The molecule has 1 heterocycles. The number of rotatable bonds is 12. The molecule has 2 aromatic carbocycles. The predicted molar refractivity (Wildman–Crippen MR) is 131 cm³/mol. The topological polar surface area (TPSA) is 97.0 Å². The van der Waals surface area contributed by atoms with Gasteiger partial charge in [0, 0.05) is 43.6 Å². The molecule has 2 N–H and O–H groups in total. The van der Waals surface area contributed by atoms with Gasteiger partial charge < -0.3 is 20.1 Å². The smallest absolute Gasteiger partial charge is 0.278 e. The predicted octanol–water partition coefficient (Wildman–Crippen LogP) is 4.05. The van der Waals surface area contributed by atoms with E-state index in [9.17, 15) is 14.4 Å². The van der Waals surface area contributed by atoms with Crippen molar-refractivity contribution in [3.8, 4) is 5.75 Å². The van der Waals surface area contributed by atoms with Crippen molar-refractivity contribution in [3.63, 3.8) is 0 Å². The number of amides is 3. The summed E-state index contributed by atoms with van der Waals surface area (Å²) in [6.45, 7) is 4.94. The maximum absolute atomic E-state index is 13.4. The Labute approximate surface area is 199 Å². The summed E-state index contributed by atoms with van der Waals surface area (Å²) in [5.74, 6) is -0.442. The lowest BCUT2D eigenvalue weighted by atomic mass is 10.0. The summed E-state index contributed by atoms with van der Waals surface area (Å²) in [6.07, 6.45) is 2.59. The Morgan fingerprint density at radius 1 is 0.941 bits per heavy atom. The Kier molecular flexibility index (Phi) is 8.81. The van der Waals surface area contributed by atoms with E-state index < -0.39 is 5.91 Å². The van der Waals surface area contributed by atoms with E-state index in [1.165, 1.54) is 18.9 Å². The van der Waals surface area contributed by atoms with E-state index in [1.54, 1.807) is 42.5 Å². The number of imide groups is 1. The summed E-state index contributed by atoms with van der Waals surface area (Å²) >= 11 is 0. The van der Waals surface area contributed by atoms with Gasteiger partial charge in [0.25, 0.3) is 11.8 Å². The molecule has 2 aromatic rings. The average Bonchev–Trinajstić information content (AvgIpc) is 3.06. The zero-order valence-electron chi connectivity index (χ0n) is 19.8. The van der Waals surface area contributed by atoms with Gasteiger partial charge in [-0.1, -0.05) is 31.5 Å². The van der Waals surface area contributed by atoms with Crippen molar-refractivity contribution in [2.24, 2.45) is 0 Å². The van der Waals surface area contributed by atoms with Gasteiger partial charge in [-0.05, 0) is 43.2 Å². The number of unbranched alkanes of at least 4 members (excludes halogenated alkanes) is 1. The van der Waals surface area contributed by atoms with Crippen LogP contribution in [0.25, 0.3) is 5.57 Å². The lowest BCUT2D eigenvalue weighted by Gasteiger charge is -2.15. The van der Waals surface area contributed by atoms with Gasteiger partial charge >= 0.3 is 0 Å². The highest BCUT2D eigenvalue weighted by atomic mass is 16.5. The number of hydrogen-bond donors (Lipinski definition) is 2. The molecule has 1 aliphatic rings. The van der Waals surface area contributed by atoms with Crippen molar-refractivity contribution >= 4 is 34.7 Å². The van der Waals surface area contributed by atoms with Crippen molar-refractivity contribution in [1.29, 1.82) is 0 Å². The number of ether oxygens (including phenoxy) is 2. The Morgan fingerprint density at radius 3 is 2.29 bits per heavy atom. The molecule has 3 rings (SSSR count). The number of nitrogens with zero attached hydrogens (tertiary/aromatic N) is 1. The van der Waals surface area contributed by atoms with Gasteiger partial charge in [-0.15, -0.1) is 0 Å². The van der Waals surface area contributed by atoms with Crippen molar-refractivity contribution in [1.82, 2.24) is 4.90 Å². The average molecular weight is 466 g/mol. The maximum Gasteiger partial charge on any atom is 0.278 e. The van der Waals surface area contributed by atoms with E-state index in [4.69, 9.17) is 9.47 Å². The van der Waals surface area contributed by atoms with Gasteiger partial charge in [-0.3, -0.25) is 19.3 Å². The fourth-order valence-electron chi connectivity index (χ4n) is 3.65. The van der Waals surface area contributed by atoms with Crippen molar-refractivity contribution in [2.75, 3.05) is 37.5 Å². The largest absolute Gasteiger partial charge is 0.496 e. The zero-order valence-corrected chi connectivity index (χ0v) is 19.8. The summed E-state index contributed by atoms with van der Waals surface area (Å²) in [6, 6.07) is 14.0. The van der Waals surface area contributed by atoms with Gasteiger partial charge in [0.05, 0.1) is 12.7 Å². The van der Waals surface area contributed by atoms with Crippen molar-refractivity contribution < 1.29 is 23.9 Å². The second-order valence-corrected chi connectivity index (χ2v) is 7.92. The van der Waals surface area contributed by atoms with E-state index in [-0.39, 0.29) is 29.6 Å². The lowest BCUT2D eigenvalue weighted by molar-refractivity contribution is -0.137. The summed E-state index contributed by atoms with van der Waals surface area (Å²) in [5, 5.41) is 5.82. The monoisotopic (exact) mass is 465 g/mol. The molecule has 0 unspecified atom stereocenters. The number of anilines is 2. The van der Waals surface area contributed by atoms with Crippen LogP contribution in [-0.2, 0) is 19.1 Å². The highest BCUT2D eigenvalue weighted by Gasteiger charge is 2.39. The molecular weight excluding hydrogens is 434 g/mol. The fraction of sp³-hybridized carbons (Fsp3) is 0.346. The standard InChI is InChI=1S/C26H31N3O5/c1-4-5-16-34-17-8-15-29-25(31)23(21-9-6-7-10-22(21)33-3)24(26(29)32)28-20-13-11-19(12-14-20)27-18(2)30/h6-7,9-14,28H,4-5,8,15-17H2,1-3H3,(H,27,30). The number of carbonyl (C=O) groups is 3. The molecule has 0 saturated carbocycles. The molecule has 0 saturated heterocycles. The Balaban J connectivity index is 1.86. The Bertz CT molecular complexity index is 1060. The normalized spacial score (nSPS) is 13.4. The second kappa shape index (κ2) is 12.0. The summed E-state index contributed by atoms with van der Waals surface area (Å²) in [5.41, 5.74) is 2.24. The van der Waals surface area contributed by atoms with Gasteiger partial charge in [0.15, 0.2) is 0 Å². The summed E-state index contributed by atoms with van der Waals surface area (Å²) in [4.78, 5) is 39.2. The van der Waals surface area contributed by atoms with Crippen LogP contribution in [0.2, 0.25) is 0 Å². The number of para-hydroxylation sites is 1. The van der Waals surface area contributed by atoms with E-state index in [1.807, 2.05) is 6.07 Å². The first-order valence-corrected chi connectivity index (χ1v) is 11.4. The highest BCUT2D eigenvalue weighted by Crippen LogP contribution is 2.35. The molecule has 1 aliphatic heterocycles. The van der Waals surface area contributed by atoms with Gasteiger partial charge in [-0.25, -0.2) is 0 Å². The molecule has 3 amide bonds. The highest BCUT2D eigenvalue weighted by molar-refractivity contribution is 6.37. The second-order valence-electron chi connectivity index (χ2n) is 7.92. The maximum atomic E-state index is 13.4. The third-order valence-corrected chi connectivity index (χ3v) is 5.33. The fourth-order valence-corrected chi connectivity index (χ4v) is 3.65. The molecule has 0 fully saturated rings. The van der Waals surface area contributed by atoms with Gasteiger partial charge in [0.2, 0.25) is 5.91 Å². The number of benzene rings is 2. The molecule has 0 aliphatic carbocycles. The van der Waals surface area contributed by atoms with Crippen LogP contribution >= 0.6 is 0 Å². The van der Waals surface area contributed by atoms with Crippen molar-refractivity contribution in [3.05, 3.63) is 59.8 Å². The quantitative estimate of drug-likeness (QED) is 0.363. The van der Waals surface area contributed by atoms with Crippen molar-refractivity contribution in [2.45, 2.75) is 33.1 Å². The third-order valence-electron chi connectivity index (χ3n) is 5.33. The lowest BCUT2D eigenvalue weighted by Crippen LogP contribution is -2.34. The minimum atomic E-state index is -0.398. The van der Waals surface area contributed by atoms with E-state index in [0.717, 1.165) is 12.8 Å². The minimum absolute atomic E-state index is 0.173. The Hall–Kier alpha value is -3.65. The van der Waals surface area contributed by atoms with Crippen LogP contribution in [0.4, 0.5) is 11.4 Å². The van der Waals surface area contributed by atoms with Gasteiger partial charge in [0.1, 0.15) is 11.4 Å². The van der Waals surface area contributed by atoms with E-state index >= 15 is 0 Å². The van der Waals surface area contributed by atoms with E-state index in [0.29, 0.717) is 42.3 Å². The number of methoxy groups -OCH3 is 1. The molecule has 0 radical (unpaired) electrons. The SMILES string of the molecule is CCCCOCCCN1C(=O)C(Nc2ccc(NC(C)=O)cc2)=C(c2ccccc2OC)C1=O. The van der Waals surface area contributed by atoms with E-state index in [2.05, 4.69) is 17.6 Å². The first kappa shape index (κ1) is 25.0. The third kappa shape index (κ3) is 6.02. The number of hydrogen-bond acceptors (Lipinski definition) is 6. The zero-order chi connectivity index (χ0) is 24.5.